The van der Waals surface area contributed by atoms with E-state index in [2.05, 4.69) is 13.8 Å². The highest BCUT2D eigenvalue weighted by atomic mass is 32.2. The average molecular weight is 162 g/mol. The molecule has 0 fully saturated rings. The van der Waals surface area contributed by atoms with E-state index in [4.69, 9.17) is 5.11 Å². The van der Waals surface area contributed by atoms with Crippen LogP contribution in [0.4, 0.5) is 0 Å². The van der Waals surface area contributed by atoms with E-state index >= 15 is 0 Å². The topological polar surface area (TPSA) is 20.2 Å². The van der Waals surface area contributed by atoms with E-state index in [-0.39, 0.29) is 0 Å². The third kappa shape index (κ3) is 6.43. The van der Waals surface area contributed by atoms with Gasteiger partial charge in [0, 0.05) is 6.61 Å². The predicted molar refractivity (Wildman–Crippen MR) is 48.5 cm³/mol. The molecule has 0 radical (unpaired) electrons. The fourth-order valence-corrected chi connectivity index (χ4v) is 1.71. The van der Waals surface area contributed by atoms with Crippen LogP contribution in [0, 0.1) is 5.92 Å². The maximum absolute atomic E-state index is 8.48. The Balaban J connectivity index is 2.89. The lowest BCUT2D eigenvalue weighted by molar-refractivity contribution is 0.296. The van der Waals surface area contributed by atoms with Gasteiger partial charge < -0.3 is 5.11 Å². The Labute approximate surface area is 68.2 Å². The summed E-state index contributed by atoms with van der Waals surface area (Å²) in [7, 11) is 0. The second kappa shape index (κ2) is 7.42. The van der Waals surface area contributed by atoms with Crippen LogP contribution in [0.5, 0.6) is 0 Å². The second-order valence-electron chi connectivity index (χ2n) is 2.67. The van der Waals surface area contributed by atoms with Crippen LogP contribution in [-0.2, 0) is 0 Å². The zero-order chi connectivity index (χ0) is 7.82. The standard InChI is InChI=1S/C8H18OS/c1-3-8(2)7-10-6-4-5-9/h8-9H,3-7H2,1-2H3. The molecule has 0 saturated heterocycles. The molecule has 0 heterocycles. The molecule has 0 bridgehead atoms. The summed E-state index contributed by atoms with van der Waals surface area (Å²) in [5.41, 5.74) is 0. The van der Waals surface area contributed by atoms with Crippen molar-refractivity contribution >= 4 is 11.8 Å². The molecule has 62 valence electrons. The van der Waals surface area contributed by atoms with Crippen LogP contribution < -0.4 is 0 Å². The van der Waals surface area contributed by atoms with Crippen molar-refractivity contribution in [3.8, 4) is 0 Å². The van der Waals surface area contributed by atoms with Crippen molar-refractivity contribution in [1.82, 2.24) is 0 Å². The first-order valence-electron chi connectivity index (χ1n) is 3.99. The van der Waals surface area contributed by atoms with E-state index in [1.54, 1.807) is 0 Å². The zero-order valence-corrected chi connectivity index (χ0v) is 7.78. The van der Waals surface area contributed by atoms with Crippen LogP contribution >= 0.6 is 11.8 Å². The van der Waals surface area contributed by atoms with Gasteiger partial charge in [-0.05, 0) is 23.8 Å². The van der Waals surface area contributed by atoms with Crippen LogP contribution in [0.15, 0.2) is 0 Å². The van der Waals surface area contributed by atoms with Crippen molar-refractivity contribution in [2.24, 2.45) is 5.92 Å². The van der Waals surface area contributed by atoms with Crippen LogP contribution in [0.25, 0.3) is 0 Å². The van der Waals surface area contributed by atoms with Crippen molar-refractivity contribution in [2.45, 2.75) is 26.7 Å². The first-order chi connectivity index (χ1) is 4.81. The Kier molecular flexibility index (Phi) is 7.65. The fraction of sp³-hybridized carbons (Fsp3) is 1.00. The first kappa shape index (κ1) is 10.3. The maximum Gasteiger partial charge on any atom is 0.0438 e. The van der Waals surface area contributed by atoms with E-state index in [1.165, 1.54) is 12.2 Å². The number of thioether (sulfide) groups is 1. The van der Waals surface area contributed by atoms with Crippen LogP contribution in [0.2, 0.25) is 0 Å². The normalized spacial score (nSPS) is 13.5. The third-order valence-corrected chi connectivity index (χ3v) is 2.93. The molecule has 10 heavy (non-hydrogen) atoms. The summed E-state index contributed by atoms with van der Waals surface area (Å²) < 4.78 is 0. The van der Waals surface area contributed by atoms with Crippen molar-refractivity contribution in [3.05, 3.63) is 0 Å². The molecular formula is C8H18OS. The molecule has 2 heteroatoms. The van der Waals surface area contributed by atoms with Crippen LogP contribution in [-0.4, -0.2) is 23.2 Å². The van der Waals surface area contributed by atoms with Gasteiger partial charge in [-0.3, -0.25) is 0 Å². The molecule has 0 aliphatic carbocycles. The van der Waals surface area contributed by atoms with E-state index in [1.807, 2.05) is 11.8 Å². The SMILES string of the molecule is CCC(C)CSCCCO. The molecule has 0 aromatic carbocycles. The van der Waals surface area contributed by atoms with Gasteiger partial charge in [0.2, 0.25) is 0 Å². The molecule has 0 rings (SSSR count). The van der Waals surface area contributed by atoms with E-state index in [9.17, 15) is 0 Å². The van der Waals surface area contributed by atoms with E-state index < -0.39 is 0 Å². The number of hydrogen-bond acceptors (Lipinski definition) is 2. The quantitative estimate of drug-likeness (QED) is 0.604. The van der Waals surface area contributed by atoms with Crippen LogP contribution in [0.3, 0.4) is 0 Å². The highest BCUT2D eigenvalue weighted by molar-refractivity contribution is 7.99. The fourth-order valence-electron chi connectivity index (χ4n) is 0.569. The molecule has 0 aliphatic rings. The molecule has 0 amide bonds. The highest BCUT2D eigenvalue weighted by Gasteiger charge is 1.96. The molecule has 0 spiro atoms. The number of aliphatic hydroxyl groups is 1. The molecule has 0 aromatic heterocycles. The molecule has 1 unspecified atom stereocenters. The molecule has 1 N–H and O–H groups in total. The molecule has 1 nitrogen and oxygen atoms in total. The van der Waals surface area contributed by atoms with Gasteiger partial charge in [0.05, 0.1) is 0 Å². The van der Waals surface area contributed by atoms with Gasteiger partial charge in [-0.2, -0.15) is 11.8 Å². The second-order valence-corrected chi connectivity index (χ2v) is 3.82. The smallest absolute Gasteiger partial charge is 0.0438 e. The van der Waals surface area contributed by atoms with Gasteiger partial charge in [-0.25, -0.2) is 0 Å². The molecule has 0 saturated carbocycles. The largest absolute Gasteiger partial charge is 0.396 e. The monoisotopic (exact) mass is 162 g/mol. The maximum atomic E-state index is 8.48. The minimum Gasteiger partial charge on any atom is -0.396 e. The third-order valence-electron chi connectivity index (χ3n) is 1.55. The molecule has 1 atom stereocenters. The van der Waals surface area contributed by atoms with Gasteiger partial charge in [-0.1, -0.05) is 20.3 Å². The lowest BCUT2D eigenvalue weighted by atomic mass is 10.2. The summed E-state index contributed by atoms with van der Waals surface area (Å²) in [6, 6.07) is 0. The predicted octanol–water partition coefficient (Wildman–Crippen LogP) is 2.15. The Bertz CT molecular complexity index is 66.3. The Morgan fingerprint density at radius 1 is 1.50 bits per heavy atom. The van der Waals surface area contributed by atoms with Gasteiger partial charge >= 0.3 is 0 Å². The lowest BCUT2D eigenvalue weighted by Crippen LogP contribution is -1.97. The van der Waals surface area contributed by atoms with Gasteiger partial charge in [0.25, 0.3) is 0 Å². The minimum atomic E-state index is 0.341. The van der Waals surface area contributed by atoms with Crippen molar-refractivity contribution in [2.75, 3.05) is 18.1 Å². The summed E-state index contributed by atoms with van der Waals surface area (Å²) in [6.07, 6.45) is 2.22. The lowest BCUT2D eigenvalue weighted by Gasteiger charge is -2.06. The van der Waals surface area contributed by atoms with Gasteiger partial charge in [0.15, 0.2) is 0 Å². The molecule has 0 aliphatic heterocycles. The van der Waals surface area contributed by atoms with Crippen molar-refractivity contribution in [1.29, 1.82) is 0 Å². The zero-order valence-electron chi connectivity index (χ0n) is 6.97. The minimum absolute atomic E-state index is 0.341. The van der Waals surface area contributed by atoms with E-state index in [0.29, 0.717) is 6.61 Å². The van der Waals surface area contributed by atoms with Crippen molar-refractivity contribution < 1.29 is 5.11 Å². The highest BCUT2D eigenvalue weighted by Crippen LogP contribution is 2.11. The van der Waals surface area contributed by atoms with Gasteiger partial charge in [-0.15, -0.1) is 0 Å². The van der Waals surface area contributed by atoms with Crippen molar-refractivity contribution in [3.63, 3.8) is 0 Å². The molecular weight excluding hydrogens is 144 g/mol. The summed E-state index contributed by atoms with van der Waals surface area (Å²) in [6.45, 7) is 4.83. The summed E-state index contributed by atoms with van der Waals surface area (Å²) in [5, 5.41) is 8.48. The Morgan fingerprint density at radius 3 is 2.70 bits per heavy atom. The summed E-state index contributed by atoms with van der Waals surface area (Å²) in [4.78, 5) is 0. The average Bonchev–Trinajstić information content (AvgIpc) is 1.98. The summed E-state index contributed by atoms with van der Waals surface area (Å²) >= 11 is 1.95. The Hall–Kier alpha value is 0.310. The number of hydrogen-bond donors (Lipinski definition) is 1. The number of rotatable bonds is 6. The van der Waals surface area contributed by atoms with Crippen LogP contribution in [0.1, 0.15) is 26.7 Å². The first-order valence-corrected chi connectivity index (χ1v) is 5.15. The summed E-state index contributed by atoms with van der Waals surface area (Å²) in [5.74, 6) is 3.20. The van der Waals surface area contributed by atoms with E-state index in [0.717, 1.165) is 18.1 Å². The number of aliphatic hydroxyl groups excluding tert-OH is 1. The molecule has 0 aromatic rings. The van der Waals surface area contributed by atoms with Gasteiger partial charge in [0.1, 0.15) is 0 Å². The Morgan fingerprint density at radius 2 is 2.20 bits per heavy atom.